The molecule has 98 valence electrons. The summed E-state index contributed by atoms with van der Waals surface area (Å²) in [6.07, 6.45) is 0. The van der Waals surface area contributed by atoms with Crippen LogP contribution in [0.15, 0.2) is 42.5 Å². The largest absolute Gasteiger partial charge is 0.465 e. The van der Waals surface area contributed by atoms with Gasteiger partial charge >= 0.3 is 5.97 Å². The van der Waals surface area contributed by atoms with Gasteiger partial charge in [-0.1, -0.05) is 23.7 Å². The molecule has 0 saturated heterocycles. The molecule has 0 bridgehead atoms. The van der Waals surface area contributed by atoms with E-state index in [1.54, 1.807) is 24.3 Å². The molecule has 2 aromatic carbocycles. The van der Waals surface area contributed by atoms with Gasteiger partial charge in [0.2, 0.25) is 0 Å². The first-order valence-corrected chi connectivity index (χ1v) is 5.99. The topological polar surface area (TPSA) is 64.3 Å². The van der Waals surface area contributed by atoms with Gasteiger partial charge in [-0.2, -0.15) is 0 Å². The molecule has 0 saturated carbocycles. The first-order valence-electron chi connectivity index (χ1n) is 5.61. The van der Waals surface area contributed by atoms with E-state index in [9.17, 15) is 4.79 Å². The average Bonchev–Trinajstić information content (AvgIpc) is 2.42. The Morgan fingerprint density at radius 2 is 1.95 bits per heavy atom. The lowest BCUT2D eigenvalue weighted by Gasteiger charge is -2.12. The first kappa shape index (κ1) is 13.2. The third-order valence-electron chi connectivity index (χ3n) is 2.59. The van der Waals surface area contributed by atoms with Crippen molar-refractivity contribution in [2.24, 2.45) is 0 Å². The minimum Gasteiger partial charge on any atom is -0.465 e. The Kier molecular flexibility index (Phi) is 3.92. The molecule has 0 amide bonds. The third-order valence-corrected chi connectivity index (χ3v) is 2.92. The highest BCUT2D eigenvalue weighted by molar-refractivity contribution is 6.33. The summed E-state index contributed by atoms with van der Waals surface area (Å²) in [5.41, 5.74) is 7.84. The molecule has 0 heterocycles. The van der Waals surface area contributed by atoms with Crippen LogP contribution in [0.4, 0.5) is 17.1 Å². The van der Waals surface area contributed by atoms with Gasteiger partial charge < -0.3 is 15.8 Å². The zero-order chi connectivity index (χ0) is 13.8. The summed E-state index contributed by atoms with van der Waals surface area (Å²) in [5, 5.41) is 3.66. The average molecular weight is 277 g/mol. The predicted molar refractivity (Wildman–Crippen MR) is 76.9 cm³/mol. The quantitative estimate of drug-likeness (QED) is 0.666. The number of anilines is 3. The van der Waals surface area contributed by atoms with E-state index in [0.29, 0.717) is 27.6 Å². The molecule has 2 rings (SSSR count). The molecular weight excluding hydrogens is 264 g/mol. The van der Waals surface area contributed by atoms with Gasteiger partial charge in [-0.15, -0.1) is 0 Å². The van der Waals surface area contributed by atoms with Crippen LogP contribution in [0.1, 0.15) is 10.4 Å². The SMILES string of the molecule is COC(=O)c1cc(N)ccc1Nc1ccccc1Cl. The fourth-order valence-electron chi connectivity index (χ4n) is 1.66. The number of hydrogen-bond acceptors (Lipinski definition) is 4. The van der Waals surface area contributed by atoms with E-state index >= 15 is 0 Å². The van der Waals surface area contributed by atoms with Gasteiger partial charge in [0.25, 0.3) is 0 Å². The number of benzene rings is 2. The van der Waals surface area contributed by atoms with Crippen molar-refractivity contribution >= 4 is 34.6 Å². The molecule has 2 aromatic rings. The van der Waals surface area contributed by atoms with Crippen LogP contribution in [0.5, 0.6) is 0 Å². The molecule has 0 fully saturated rings. The minimum absolute atomic E-state index is 0.363. The minimum atomic E-state index is -0.457. The smallest absolute Gasteiger partial charge is 0.340 e. The molecule has 0 aliphatic rings. The number of halogens is 1. The summed E-state index contributed by atoms with van der Waals surface area (Å²) in [5.74, 6) is -0.457. The molecule has 0 aromatic heterocycles. The van der Waals surface area contributed by atoms with E-state index in [1.807, 2.05) is 18.2 Å². The van der Waals surface area contributed by atoms with Crippen LogP contribution in [0.3, 0.4) is 0 Å². The maximum absolute atomic E-state index is 11.7. The summed E-state index contributed by atoms with van der Waals surface area (Å²) >= 11 is 6.07. The molecule has 3 N–H and O–H groups in total. The molecule has 5 heteroatoms. The Bertz CT molecular complexity index is 614. The Balaban J connectivity index is 2.40. The van der Waals surface area contributed by atoms with Crippen molar-refractivity contribution in [3.05, 3.63) is 53.1 Å². The highest BCUT2D eigenvalue weighted by atomic mass is 35.5. The monoisotopic (exact) mass is 276 g/mol. The first-order chi connectivity index (χ1) is 9.11. The molecule has 0 atom stereocenters. The van der Waals surface area contributed by atoms with Crippen LogP contribution in [0, 0.1) is 0 Å². The summed E-state index contributed by atoms with van der Waals surface area (Å²) in [6, 6.07) is 12.2. The van der Waals surface area contributed by atoms with Crippen LogP contribution >= 0.6 is 11.6 Å². The Morgan fingerprint density at radius 1 is 1.21 bits per heavy atom. The van der Waals surface area contributed by atoms with Crippen molar-refractivity contribution in [2.75, 3.05) is 18.2 Å². The lowest BCUT2D eigenvalue weighted by molar-refractivity contribution is 0.0602. The van der Waals surface area contributed by atoms with Gasteiger partial charge in [0.1, 0.15) is 0 Å². The second-order valence-corrected chi connectivity index (χ2v) is 4.31. The van der Waals surface area contributed by atoms with Crippen molar-refractivity contribution in [2.45, 2.75) is 0 Å². The Hall–Kier alpha value is -2.20. The highest BCUT2D eigenvalue weighted by Crippen LogP contribution is 2.28. The molecule has 0 aliphatic heterocycles. The molecule has 4 nitrogen and oxygen atoms in total. The number of carbonyl (C=O) groups excluding carboxylic acids is 1. The number of rotatable bonds is 3. The third kappa shape index (κ3) is 2.98. The van der Waals surface area contributed by atoms with Gasteiger partial charge in [0.05, 0.1) is 29.1 Å². The van der Waals surface area contributed by atoms with Crippen LogP contribution in [0.2, 0.25) is 5.02 Å². The zero-order valence-electron chi connectivity index (χ0n) is 10.3. The maximum atomic E-state index is 11.7. The number of ether oxygens (including phenoxy) is 1. The summed E-state index contributed by atoms with van der Waals surface area (Å²) in [6.45, 7) is 0. The van der Waals surface area contributed by atoms with E-state index in [-0.39, 0.29) is 0 Å². The van der Waals surface area contributed by atoms with Crippen molar-refractivity contribution in [3.63, 3.8) is 0 Å². The van der Waals surface area contributed by atoms with Gasteiger partial charge in [0, 0.05) is 5.69 Å². The number of carbonyl (C=O) groups is 1. The second-order valence-electron chi connectivity index (χ2n) is 3.90. The van der Waals surface area contributed by atoms with Gasteiger partial charge in [-0.25, -0.2) is 4.79 Å². The number of esters is 1. The normalized spacial score (nSPS) is 10.0. The Labute approximate surface area is 116 Å². The second kappa shape index (κ2) is 5.63. The molecule has 0 spiro atoms. The summed E-state index contributed by atoms with van der Waals surface area (Å²) < 4.78 is 4.73. The van der Waals surface area contributed by atoms with E-state index in [0.717, 1.165) is 0 Å². The molecule has 19 heavy (non-hydrogen) atoms. The van der Waals surface area contributed by atoms with Crippen molar-refractivity contribution < 1.29 is 9.53 Å². The molecule has 0 aliphatic carbocycles. The zero-order valence-corrected chi connectivity index (χ0v) is 11.1. The molecular formula is C14H13ClN2O2. The van der Waals surface area contributed by atoms with Crippen LogP contribution in [-0.2, 0) is 4.74 Å². The lowest BCUT2D eigenvalue weighted by Crippen LogP contribution is -2.06. The molecule has 0 radical (unpaired) electrons. The molecule has 0 unspecified atom stereocenters. The standard InChI is InChI=1S/C14H13ClN2O2/c1-19-14(18)10-8-9(16)6-7-12(10)17-13-5-3-2-4-11(13)15/h2-8,17H,16H2,1H3. The van der Waals surface area contributed by atoms with Crippen LogP contribution in [0.25, 0.3) is 0 Å². The fourth-order valence-corrected chi connectivity index (χ4v) is 1.84. The lowest BCUT2D eigenvalue weighted by atomic mass is 10.1. The van der Waals surface area contributed by atoms with Gasteiger partial charge in [-0.3, -0.25) is 0 Å². The van der Waals surface area contributed by atoms with E-state index in [4.69, 9.17) is 22.1 Å². The number of methoxy groups -OCH3 is 1. The van der Waals surface area contributed by atoms with E-state index < -0.39 is 5.97 Å². The number of para-hydroxylation sites is 1. The van der Waals surface area contributed by atoms with Crippen molar-refractivity contribution in [3.8, 4) is 0 Å². The van der Waals surface area contributed by atoms with Crippen molar-refractivity contribution in [1.82, 2.24) is 0 Å². The highest BCUT2D eigenvalue weighted by Gasteiger charge is 2.13. The number of nitrogens with one attached hydrogen (secondary N) is 1. The van der Waals surface area contributed by atoms with Crippen LogP contribution < -0.4 is 11.1 Å². The van der Waals surface area contributed by atoms with Crippen molar-refractivity contribution in [1.29, 1.82) is 0 Å². The van der Waals surface area contributed by atoms with E-state index in [1.165, 1.54) is 7.11 Å². The maximum Gasteiger partial charge on any atom is 0.340 e. The fraction of sp³-hybridized carbons (Fsp3) is 0.0714. The number of hydrogen-bond donors (Lipinski definition) is 2. The van der Waals surface area contributed by atoms with Gasteiger partial charge in [-0.05, 0) is 30.3 Å². The summed E-state index contributed by atoms with van der Waals surface area (Å²) in [4.78, 5) is 11.7. The van der Waals surface area contributed by atoms with E-state index in [2.05, 4.69) is 5.32 Å². The predicted octanol–water partition coefficient (Wildman–Crippen LogP) is 3.45. The Morgan fingerprint density at radius 3 is 2.63 bits per heavy atom. The number of nitrogens with two attached hydrogens (primary N) is 1. The van der Waals surface area contributed by atoms with Gasteiger partial charge in [0.15, 0.2) is 0 Å². The number of nitrogen functional groups attached to an aromatic ring is 1. The summed E-state index contributed by atoms with van der Waals surface area (Å²) in [7, 11) is 1.32. The van der Waals surface area contributed by atoms with Crippen LogP contribution in [-0.4, -0.2) is 13.1 Å².